The van der Waals surface area contributed by atoms with Crippen molar-refractivity contribution in [2.45, 2.75) is 6.18 Å². The molecule has 0 heterocycles. The first-order valence-corrected chi connectivity index (χ1v) is 2.51. The molecule has 0 aliphatic rings. The molecule has 0 rings (SSSR count). The first-order chi connectivity index (χ1) is 3.98. The first-order valence-electron chi connectivity index (χ1n) is 1.65. The Hall–Kier alpha value is -0.563. The SMILES string of the molecule is O=C(O[Si]O)C(F)(F)F. The van der Waals surface area contributed by atoms with Gasteiger partial charge in [-0.05, 0) is 0 Å². The Labute approximate surface area is 50.5 Å². The molecule has 1 N–H and O–H groups in total. The number of rotatable bonds is 1. The molecule has 52 valence electrons. The third kappa shape index (κ3) is 3.09. The molecule has 2 radical (unpaired) electrons. The van der Waals surface area contributed by atoms with Crippen molar-refractivity contribution in [1.29, 1.82) is 0 Å². The average molecular weight is 158 g/mol. The lowest BCUT2D eigenvalue weighted by atomic mass is 10.7. The Kier molecular flexibility index (Phi) is 2.65. The number of alkyl halides is 3. The summed E-state index contributed by atoms with van der Waals surface area (Å²) in [4.78, 5) is 17.2. The van der Waals surface area contributed by atoms with Crippen molar-refractivity contribution < 1.29 is 27.2 Å². The standard InChI is InChI=1S/C2HF3O3Si/c3-2(4,5)1(6)8-9-7/h7H. The van der Waals surface area contributed by atoms with Crippen molar-refractivity contribution in [3.8, 4) is 0 Å². The number of hydrogen-bond donors (Lipinski definition) is 1. The van der Waals surface area contributed by atoms with Crippen LogP contribution in [-0.2, 0) is 9.22 Å². The van der Waals surface area contributed by atoms with Crippen molar-refractivity contribution in [3.05, 3.63) is 0 Å². The van der Waals surface area contributed by atoms with Gasteiger partial charge in [0, 0.05) is 0 Å². The highest BCUT2D eigenvalue weighted by atomic mass is 28.2. The number of carbonyl (C=O) groups excluding carboxylic acids is 1. The van der Waals surface area contributed by atoms with Crippen molar-refractivity contribution in [3.63, 3.8) is 0 Å². The highest BCUT2D eigenvalue weighted by Gasteiger charge is 2.40. The Morgan fingerprint density at radius 3 is 2.11 bits per heavy atom. The largest absolute Gasteiger partial charge is 0.520 e. The van der Waals surface area contributed by atoms with Gasteiger partial charge in [-0.15, -0.1) is 0 Å². The molecular formula is C2HF3O3Si. The van der Waals surface area contributed by atoms with Crippen molar-refractivity contribution in [2.24, 2.45) is 0 Å². The normalized spacial score (nSPS) is 11.1. The molecule has 0 unspecified atom stereocenters. The molecule has 0 amide bonds. The Morgan fingerprint density at radius 1 is 1.56 bits per heavy atom. The maximum Gasteiger partial charge on any atom is 0.520 e. The van der Waals surface area contributed by atoms with Crippen molar-refractivity contribution in [1.82, 2.24) is 0 Å². The molecular weight excluding hydrogens is 157 g/mol. The van der Waals surface area contributed by atoms with Crippen molar-refractivity contribution >= 4 is 16.0 Å². The van der Waals surface area contributed by atoms with Crippen LogP contribution in [0.1, 0.15) is 0 Å². The molecule has 0 bridgehead atoms. The molecule has 0 saturated carbocycles. The molecule has 0 aliphatic heterocycles. The zero-order chi connectivity index (χ0) is 7.49. The lowest BCUT2D eigenvalue weighted by Gasteiger charge is -2.01. The molecule has 0 spiro atoms. The molecule has 0 saturated heterocycles. The van der Waals surface area contributed by atoms with E-state index in [1.54, 1.807) is 0 Å². The monoisotopic (exact) mass is 158 g/mol. The van der Waals surface area contributed by atoms with Crippen LogP contribution in [0, 0.1) is 0 Å². The number of halogens is 3. The third-order valence-electron chi connectivity index (χ3n) is 0.370. The quantitative estimate of drug-likeness (QED) is 0.529. The van der Waals surface area contributed by atoms with E-state index >= 15 is 0 Å². The van der Waals surface area contributed by atoms with E-state index in [0.717, 1.165) is 0 Å². The molecule has 0 aliphatic carbocycles. The smallest absolute Gasteiger partial charge is 0.484 e. The number of carbonyl (C=O) groups is 1. The van der Waals surface area contributed by atoms with Gasteiger partial charge in [0.05, 0.1) is 0 Å². The van der Waals surface area contributed by atoms with Gasteiger partial charge in [0.25, 0.3) is 0 Å². The third-order valence-corrected chi connectivity index (χ3v) is 0.646. The van der Waals surface area contributed by atoms with Gasteiger partial charge in [0.2, 0.25) is 0 Å². The summed E-state index contributed by atoms with van der Waals surface area (Å²) in [6.07, 6.45) is -5.00. The molecule has 0 fully saturated rings. The fourth-order valence-corrected chi connectivity index (χ4v) is 0.298. The fourth-order valence-electron chi connectivity index (χ4n) is 0.0993. The number of hydrogen-bond acceptors (Lipinski definition) is 3. The van der Waals surface area contributed by atoms with Gasteiger partial charge < -0.3 is 9.22 Å². The zero-order valence-electron chi connectivity index (χ0n) is 3.90. The van der Waals surface area contributed by atoms with Crippen LogP contribution >= 0.6 is 0 Å². The summed E-state index contributed by atoms with van der Waals surface area (Å²) in [6.45, 7) is 0. The van der Waals surface area contributed by atoms with E-state index in [1.165, 1.54) is 0 Å². The second-order valence-electron chi connectivity index (χ2n) is 0.979. The van der Waals surface area contributed by atoms with Crippen LogP contribution in [-0.4, -0.2) is 26.9 Å². The summed E-state index contributed by atoms with van der Waals surface area (Å²) in [5, 5.41) is 0. The topological polar surface area (TPSA) is 46.5 Å². The fraction of sp³-hybridized carbons (Fsp3) is 0.500. The molecule has 0 atom stereocenters. The van der Waals surface area contributed by atoms with E-state index in [2.05, 4.69) is 4.43 Å². The summed E-state index contributed by atoms with van der Waals surface area (Å²) in [7, 11) is -1.46. The van der Waals surface area contributed by atoms with Crippen LogP contribution in [0.3, 0.4) is 0 Å². The van der Waals surface area contributed by atoms with Crippen LogP contribution in [0.25, 0.3) is 0 Å². The highest BCUT2D eigenvalue weighted by Crippen LogP contribution is 2.15. The van der Waals surface area contributed by atoms with Crippen LogP contribution in [0.4, 0.5) is 13.2 Å². The molecule has 0 aromatic carbocycles. The summed E-state index contributed by atoms with van der Waals surface area (Å²) in [6, 6.07) is 0. The molecule has 0 aromatic rings. The van der Waals surface area contributed by atoms with Crippen molar-refractivity contribution in [2.75, 3.05) is 0 Å². The molecule has 9 heavy (non-hydrogen) atoms. The lowest BCUT2D eigenvalue weighted by molar-refractivity contribution is -0.190. The molecule has 3 nitrogen and oxygen atoms in total. The van der Waals surface area contributed by atoms with E-state index < -0.39 is 22.2 Å². The van der Waals surface area contributed by atoms with Gasteiger partial charge in [-0.1, -0.05) is 0 Å². The average Bonchev–Trinajstić information content (AvgIpc) is 1.64. The minimum absolute atomic E-state index is 1.46. The van der Waals surface area contributed by atoms with Gasteiger partial charge >= 0.3 is 22.2 Å². The minimum Gasteiger partial charge on any atom is -0.484 e. The summed E-state index contributed by atoms with van der Waals surface area (Å²) >= 11 is 0. The van der Waals surface area contributed by atoms with Gasteiger partial charge in [0.1, 0.15) is 0 Å². The van der Waals surface area contributed by atoms with Gasteiger partial charge in [-0.3, -0.25) is 0 Å². The van der Waals surface area contributed by atoms with E-state index in [0.29, 0.717) is 0 Å². The summed E-state index contributed by atoms with van der Waals surface area (Å²) < 4.78 is 36.4. The van der Waals surface area contributed by atoms with E-state index in [-0.39, 0.29) is 0 Å². The van der Waals surface area contributed by atoms with Crippen LogP contribution < -0.4 is 0 Å². The van der Waals surface area contributed by atoms with E-state index in [4.69, 9.17) is 4.80 Å². The Balaban J connectivity index is 3.74. The maximum atomic E-state index is 11.1. The van der Waals surface area contributed by atoms with E-state index in [1.807, 2.05) is 0 Å². The molecule has 0 aromatic heterocycles. The first kappa shape index (κ1) is 8.44. The van der Waals surface area contributed by atoms with Gasteiger partial charge in [-0.2, -0.15) is 13.2 Å². The predicted octanol–water partition coefficient (Wildman–Crippen LogP) is -0.382. The van der Waals surface area contributed by atoms with Crippen LogP contribution in [0.2, 0.25) is 0 Å². The Bertz CT molecular complexity index is 110. The molecule has 7 heteroatoms. The lowest BCUT2D eigenvalue weighted by Crippen LogP contribution is -2.26. The maximum absolute atomic E-state index is 11.1. The second kappa shape index (κ2) is 2.83. The second-order valence-corrected chi connectivity index (χ2v) is 1.37. The predicted molar refractivity (Wildman–Crippen MR) is 20.1 cm³/mol. The summed E-state index contributed by atoms with van der Waals surface area (Å²) in [5.74, 6) is -2.37. The van der Waals surface area contributed by atoms with E-state index in [9.17, 15) is 18.0 Å². The minimum atomic E-state index is -5.00. The van der Waals surface area contributed by atoms with Crippen LogP contribution in [0.5, 0.6) is 0 Å². The summed E-state index contributed by atoms with van der Waals surface area (Å²) in [5.41, 5.74) is 0. The van der Waals surface area contributed by atoms with Gasteiger partial charge in [0.15, 0.2) is 0 Å². The highest BCUT2D eigenvalue weighted by molar-refractivity contribution is 6.20. The zero-order valence-corrected chi connectivity index (χ0v) is 4.90. The van der Waals surface area contributed by atoms with Crippen LogP contribution in [0.15, 0.2) is 0 Å². The Morgan fingerprint density at radius 2 is 2.00 bits per heavy atom. The van der Waals surface area contributed by atoms with Gasteiger partial charge in [-0.25, -0.2) is 4.79 Å².